The molecule has 1 spiro atoms. The number of ether oxygens (including phenoxy) is 2. The molecule has 1 aliphatic heterocycles. The van der Waals surface area contributed by atoms with E-state index in [-0.39, 0.29) is 17.0 Å². The summed E-state index contributed by atoms with van der Waals surface area (Å²) < 4.78 is 11.7. The summed E-state index contributed by atoms with van der Waals surface area (Å²) in [4.78, 5) is 23.6. The van der Waals surface area contributed by atoms with Gasteiger partial charge in [-0.15, -0.1) is 0 Å². The second-order valence-corrected chi connectivity index (χ2v) is 7.06. The van der Waals surface area contributed by atoms with Crippen LogP contribution in [-0.4, -0.2) is 36.2 Å². The van der Waals surface area contributed by atoms with Gasteiger partial charge in [0.25, 0.3) is 0 Å². The van der Waals surface area contributed by atoms with Crippen LogP contribution in [-0.2, 0) is 19.1 Å². The number of hydrogen-bond donors (Lipinski definition) is 0. The molecule has 1 unspecified atom stereocenters. The maximum atomic E-state index is 12.4. The second-order valence-electron chi connectivity index (χ2n) is 5.80. The molecule has 3 aliphatic carbocycles. The molecule has 0 radical (unpaired) electrons. The third-order valence-electron chi connectivity index (χ3n) is 4.80. The first-order valence-electron chi connectivity index (χ1n) is 7.23. The number of carbonyl (C=O) groups is 2. The number of allylic oxidation sites excluding steroid dienone is 1. The number of rotatable bonds is 4. The summed E-state index contributed by atoms with van der Waals surface area (Å²) in [7, 11) is 0. The second kappa shape index (κ2) is 5.28. The van der Waals surface area contributed by atoms with Gasteiger partial charge >= 0.3 is 0 Å². The first-order valence-corrected chi connectivity index (χ1v) is 8.22. The molecule has 2 bridgehead atoms. The fourth-order valence-electron chi connectivity index (χ4n) is 3.89. The van der Waals surface area contributed by atoms with Crippen molar-refractivity contribution in [3.05, 3.63) is 12.2 Å². The van der Waals surface area contributed by atoms with E-state index in [9.17, 15) is 9.59 Å². The highest BCUT2D eigenvalue weighted by atomic mass is 32.2. The van der Waals surface area contributed by atoms with Gasteiger partial charge in [0.15, 0.2) is 10.9 Å². The van der Waals surface area contributed by atoms with Crippen molar-refractivity contribution in [1.82, 2.24) is 0 Å². The molecule has 3 atom stereocenters. The van der Waals surface area contributed by atoms with E-state index in [1.54, 1.807) is 0 Å². The van der Waals surface area contributed by atoms with Crippen LogP contribution >= 0.6 is 11.8 Å². The Morgan fingerprint density at radius 1 is 1.45 bits per heavy atom. The summed E-state index contributed by atoms with van der Waals surface area (Å²) >= 11 is 1.36. The van der Waals surface area contributed by atoms with Crippen molar-refractivity contribution in [3.63, 3.8) is 0 Å². The average molecular weight is 296 g/mol. The van der Waals surface area contributed by atoms with Crippen LogP contribution < -0.4 is 0 Å². The van der Waals surface area contributed by atoms with Crippen molar-refractivity contribution in [1.29, 1.82) is 0 Å². The Morgan fingerprint density at radius 3 is 2.85 bits per heavy atom. The fraction of sp³-hybridized carbons (Fsp3) is 0.733. The van der Waals surface area contributed by atoms with Crippen LogP contribution in [0.1, 0.15) is 26.2 Å². The Morgan fingerprint density at radius 2 is 2.20 bits per heavy atom. The molecule has 1 saturated heterocycles. The maximum absolute atomic E-state index is 12.4. The summed E-state index contributed by atoms with van der Waals surface area (Å²) in [6.07, 6.45) is 6.82. The lowest BCUT2D eigenvalue weighted by Gasteiger charge is -2.54. The van der Waals surface area contributed by atoms with Crippen LogP contribution in [0.3, 0.4) is 0 Å². The summed E-state index contributed by atoms with van der Waals surface area (Å²) in [6.45, 7) is 3.18. The molecule has 4 nitrogen and oxygen atoms in total. The van der Waals surface area contributed by atoms with Gasteiger partial charge in [0, 0.05) is 30.1 Å². The zero-order chi connectivity index (χ0) is 14.2. The summed E-state index contributed by atoms with van der Waals surface area (Å²) in [5.41, 5.74) is -0.417. The molecule has 2 fully saturated rings. The molecule has 4 rings (SSSR count). The van der Waals surface area contributed by atoms with Gasteiger partial charge in [-0.25, -0.2) is 0 Å². The lowest BCUT2D eigenvalue weighted by Crippen LogP contribution is -2.56. The molecule has 1 heterocycles. The van der Waals surface area contributed by atoms with Gasteiger partial charge in [-0.3, -0.25) is 4.79 Å². The van der Waals surface area contributed by atoms with Crippen molar-refractivity contribution in [2.45, 2.75) is 32.0 Å². The Balaban J connectivity index is 1.92. The van der Waals surface area contributed by atoms with Crippen LogP contribution in [0, 0.1) is 17.3 Å². The van der Waals surface area contributed by atoms with Gasteiger partial charge < -0.3 is 14.3 Å². The third kappa shape index (κ3) is 2.07. The molecule has 4 aliphatic rings. The first kappa shape index (κ1) is 14.3. The summed E-state index contributed by atoms with van der Waals surface area (Å²) in [5, 5.41) is 0.205. The maximum Gasteiger partial charge on any atom is 0.192 e. The van der Waals surface area contributed by atoms with Gasteiger partial charge in [0.2, 0.25) is 0 Å². The van der Waals surface area contributed by atoms with Crippen molar-refractivity contribution in [3.8, 4) is 0 Å². The molecule has 0 aromatic heterocycles. The topological polar surface area (TPSA) is 52.6 Å². The average Bonchev–Trinajstić information content (AvgIpc) is 2.88. The minimum absolute atomic E-state index is 0.0916. The van der Waals surface area contributed by atoms with Gasteiger partial charge in [-0.2, -0.15) is 0 Å². The van der Waals surface area contributed by atoms with E-state index in [4.69, 9.17) is 9.47 Å². The van der Waals surface area contributed by atoms with Gasteiger partial charge in [0.1, 0.15) is 6.29 Å². The molecule has 110 valence electrons. The number of hydrogen-bond acceptors (Lipinski definition) is 5. The van der Waals surface area contributed by atoms with Crippen LogP contribution in [0.2, 0.25) is 0 Å². The lowest BCUT2D eigenvalue weighted by atomic mass is 9.55. The molecule has 20 heavy (non-hydrogen) atoms. The number of thioether (sulfide) groups is 1. The van der Waals surface area contributed by atoms with Gasteiger partial charge in [-0.05, 0) is 12.2 Å². The minimum atomic E-state index is -0.592. The van der Waals surface area contributed by atoms with Crippen molar-refractivity contribution < 1.29 is 19.1 Å². The Bertz CT molecular complexity index is 441. The van der Waals surface area contributed by atoms with Gasteiger partial charge in [-0.1, -0.05) is 30.8 Å². The van der Waals surface area contributed by atoms with E-state index in [0.29, 0.717) is 26.1 Å². The zero-order valence-electron chi connectivity index (χ0n) is 11.7. The molecule has 0 N–H and O–H groups in total. The SMILES string of the molecule is CCSC(=O)[C@H]1CC2C=C[C@]1(CC=O)CC21OCCO1. The predicted octanol–water partition coefficient (Wildman–Crippen LogP) is 2.18. The van der Waals surface area contributed by atoms with Crippen LogP contribution in [0.4, 0.5) is 0 Å². The van der Waals surface area contributed by atoms with Crippen LogP contribution in [0.25, 0.3) is 0 Å². The van der Waals surface area contributed by atoms with E-state index >= 15 is 0 Å². The van der Waals surface area contributed by atoms with Gasteiger partial charge in [0.05, 0.1) is 13.2 Å². The van der Waals surface area contributed by atoms with E-state index in [2.05, 4.69) is 12.2 Å². The Kier molecular flexibility index (Phi) is 3.77. The first-order chi connectivity index (χ1) is 9.66. The Hall–Kier alpha value is -0.650. The molecular weight excluding hydrogens is 276 g/mol. The van der Waals surface area contributed by atoms with E-state index in [1.807, 2.05) is 6.92 Å². The van der Waals surface area contributed by atoms with Crippen molar-refractivity contribution in [2.24, 2.45) is 17.3 Å². The molecule has 1 saturated carbocycles. The van der Waals surface area contributed by atoms with Crippen LogP contribution in [0.5, 0.6) is 0 Å². The minimum Gasteiger partial charge on any atom is -0.347 e. The van der Waals surface area contributed by atoms with E-state index < -0.39 is 11.2 Å². The number of carbonyl (C=O) groups excluding carboxylic acids is 2. The molecule has 0 aromatic rings. The highest BCUT2D eigenvalue weighted by molar-refractivity contribution is 8.13. The predicted molar refractivity (Wildman–Crippen MR) is 76.2 cm³/mol. The van der Waals surface area contributed by atoms with Crippen LogP contribution in [0.15, 0.2) is 12.2 Å². The van der Waals surface area contributed by atoms with Crippen molar-refractivity contribution in [2.75, 3.05) is 19.0 Å². The number of aldehydes is 1. The van der Waals surface area contributed by atoms with E-state index in [0.717, 1.165) is 18.5 Å². The smallest absolute Gasteiger partial charge is 0.192 e. The molecule has 5 heteroatoms. The molecular formula is C15H20O4S. The highest BCUT2D eigenvalue weighted by Crippen LogP contribution is 2.58. The Labute approximate surface area is 123 Å². The summed E-state index contributed by atoms with van der Waals surface area (Å²) in [5.74, 6) is 0.223. The quantitative estimate of drug-likeness (QED) is 0.588. The monoisotopic (exact) mass is 296 g/mol. The van der Waals surface area contributed by atoms with Crippen molar-refractivity contribution >= 4 is 23.2 Å². The summed E-state index contributed by atoms with van der Waals surface area (Å²) in [6, 6.07) is 0. The number of fused-ring (bicyclic) bond motifs is 1. The largest absolute Gasteiger partial charge is 0.347 e. The molecule has 0 aromatic carbocycles. The third-order valence-corrected chi connectivity index (χ3v) is 5.65. The standard InChI is InChI=1S/C15H20O4S/c1-2-20-13(17)12-9-11-3-4-14(12,5-6-16)10-15(11)18-7-8-19-15/h3-4,6,11-12H,2,5,7-10H2,1H3/t11?,12-,14+/m1/s1. The van der Waals surface area contributed by atoms with E-state index in [1.165, 1.54) is 11.8 Å². The highest BCUT2D eigenvalue weighted by Gasteiger charge is 2.60. The molecule has 0 amide bonds. The normalized spacial score (nSPS) is 37.5. The zero-order valence-corrected chi connectivity index (χ0v) is 12.5. The lowest BCUT2D eigenvalue weighted by molar-refractivity contribution is -0.233. The fourth-order valence-corrected chi connectivity index (χ4v) is 4.70.